The first kappa shape index (κ1) is 20.6. The molecule has 1 atom stereocenters. The molecule has 1 aromatic carbocycles. The fourth-order valence-electron chi connectivity index (χ4n) is 4.26. The van der Waals surface area contributed by atoms with Gasteiger partial charge in [-0.2, -0.15) is 0 Å². The maximum Gasteiger partial charge on any atom is 0.295 e. The van der Waals surface area contributed by atoms with Crippen LogP contribution in [0.5, 0.6) is 11.5 Å². The molecule has 3 aromatic rings. The van der Waals surface area contributed by atoms with Gasteiger partial charge in [-0.3, -0.25) is 14.5 Å². The monoisotopic (exact) mass is 452 g/mol. The molecule has 7 nitrogen and oxygen atoms in total. The molecule has 0 spiro atoms. The van der Waals surface area contributed by atoms with Crippen molar-refractivity contribution in [3.8, 4) is 11.5 Å². The second-order valence-electron chi connectivity index (χ2n) is 7.89. The van der Waals surface area contributed by atoms with Gasteiger partial charge in [-0.05, 0) is 48.6 Å². The third kappa shape index (κ3) is 4.10. The second-order valence-corrected chi connectivity index (χ2v) is 8.87. The fourth-order valence-corrected chi connectivity index (χ4v) is 5.07. The van der Waals surface area contributed by atoms with Crippen molar-refractivity contribution in [3.63, 3.8) is 0 Å². The van der Waals surface area contributed by atoms with Crippen molar-refractivity contribution >= 4 is 28.8 Å². The Hall–Kier alpha value is -3.26. The van der Waals surface area contributed by atoms with Crippen LogP contribution in [0.15, 0.2) is 58.5 Å². The lowest BCUT2D eigenvalue weighted by atomic mass is 10.1. The topological polar surface area (TPSA) is 81.0 Å². The van der Waals surface area contributed by atoms with E-state index < -0.39 is 11.9 Å². The fraction of sp³-hybridized carbons (Fsp3) is 0.333. The summed E-state index contributed by atoms with van der Waals surface area (Å²) in [5.74, 6) is 0.733. The summed E-state index contributed by atoms with van der Waals surface area (Å²) in [5, 5.41) is 5.07. The smallest absolute Gasteiger partial charge is 0.295 e. The number of carbonyl (C=O) groups excluding carboxylic acids is 2. The molecular formula is C24H24N2O5S. The van der Waals surface area contributed by atoms with Crippen molar-refractivity contribution in [1.82, 2.24) is 5.32 Å². The molecule has 2 aromatic heterocycles. The van der Waals surface area contributed by atoms with Gasteiger partial charge in [0.15, 0.2) is 23.3 Å². The second kappa shape index (κ2) is 9.08. The molecule has 166 valence electrons. The van der Waals surface area contributed by atoms with Gasteiger partial charge in [-0.25, -0.2) is 0 Å². The van der Waals surface area contributed by atoms with Crippen molar-refractivity contribution in [1.29, 1.82) is 0 Å². The van der Waals surface area contributed by atoms with Gasteiger partial charge in [0, 0.05) is 22.7 Å². The van der Waals surface area contributed by atoms with Crippen LogP contribution in [0.3, 0.4) is 0 Å². The lowest BCUT2D eigenvalue weighted by Gasteiger charge is -2.31. The van der Waals surface area contributed by atoms with Crippen LogP contribution in [0, 0.1) is 0 Å². The number of furan rings is 1. The Kier molecular flexibility index (Phi) is 5.85. The van der Waals surface area contributed by atoms with Crippen LogP contribution in [0.1, 0.15) is 47.2 Å². The summed E-state index contributed by atoms with van der Waals surface area (Å²) in [4.78, 5) is 29.5. The highest BCUT2D eigenvalue weighted by atomic mass is 32.1. The minimum absolute atomic E-state index is 0.130. The van der Waals surface area contributed by atoms with E-state index in [-0.39, 0.29) is 17.7 Å². The molecular weight excluding hydrogens is 428 g/mol. The third-order valence-electron chi connectivity index (χ3n) is 5.78. The van der Waals surface area contributed by atoms with Gasteiger partial charge in [0.25, 0.3) is 5.91 Å². The van der Waals surface area contributed by atoms with E-state index in [0.717, 1.165) is 30.6 Å². The van der Waals surface area contributed by atoms with Crippen LogP contribution in [0.4, 0.5) is 5.69 Å². The summed E-state index contributed by atoms with van der Waals surface area (Å²) in [6.45, 7) is 0.905. The summed E-state index contributed by atoms with van der Waals surface area (Å²) < 4.78 is 16.8. The highest BCUT2D eigenvalue weighted by Crippen LogP contribution is 2.38. The minimum Gasteiger partial charge on any atom is -0.486 e. The van der Waals surface area contributed by atoms with Gasteiger partial charge in [-0.15, -0.1) is 11.3 Å². The van der Waals surface area contributed by atoms with Crippen molar-refractivity contribution < 1.29 is 23.5 Å². The number of carbonyl (C=O) groups is 2. The molecule has 0 bridgehead atoms. The van der Waals surface area contributed by atoms with Gasteiger partial charge in [-0.1, -0.05) is 18.9 Å². The number of benzene rings is 1. The summed E-state index contributed by atoms with van der Waals surface area (Å²) >= 11 is 1.44. The SMILES string of the molecule is O=C(NC1CCCC1)[C@@H](c1cccs1)N(C(=O)c1ccco1)c1ccc2c(c1)OCCO2. The summed E-state index contributed by atoms with van der Waals surface area (Å²) in [7, 11) is 0. The maximum absolute atomic E-state index is 13.6. The molecule has 0 radical (unpaired) electrons. The average molecular weight is 453 g/mol. The number of fused-ring (bicyclic) bond motifs is 1. The predicted octanol–water partition coefficient (Wildman–Crippen LogP) is 4.56. The molecule has 3 heterocycles. The summed E-state index contributed by atoms with van der Waals surface area (Å²) in [6.07, 6.45) is 5.57. The molecule has 32 heavy (non-hydrogen) atoms. The maximum atomic E-state index is 13.6. The number of anilines is 1. The predicted molar refractivity (Wildman–Crippen MR) is 120 cm³/mol. The van der Waals surface area contributed by atoms with E-state index in [0.29, 0.717) is 30.4 Å². The van der Waals surface area contributed by atoms with Crippen molar-refractivity contribution in [3.05, 3.63) is 64.7 Å². The zero-order valence-corrected chi connectivity index (χ0v) is 18.3. The molecule has 1 aliphatic carbocycles. The van der Waals surface area contributed by atoms with E-state index in [2.05, 4.69) is 5.32 Å². The molecule has 2 amide bonds. The van der Waals surface area contributed by atoms with Crippen LogP contribution in [-0.2, 0) is 4.79 Å². The molecule has 8 heteroatoms. The lowest BCUT2D eigenvalue weighted by molar-refractivity contribution is -0.123. The highest BCUT2D eigenvalue weighted by Gasteiger charge is 2.37. The summed E-state index contributed by atoms with van der Waals surface area (Å²) in [5.41, 5.74) is 0.538. The first-order valence-corrected chi connectivity index (χ1v) is 11.7. The minimum atomic E-state index is -0.837. The van der Waals surface area contributed by atoms with Crippen LogP contribution in [0.25, 0.3) is 0 Å². The molecule has 2 aliphatic rings. The van der Waals surface area contributed by atoms with Crippen molar-refractivity contribution in [2.45, 2.75) is 37.8 Å². The van der Waals surface area contributed by atoms with E-state index in [1.165, 1.54) is 22.5 Å². The number of nitrogens with zero attached hydrogens (tertiary/aromatic N) is 1. The molecule has 0 saturated heterocycles. The lowest BCUT2D eigenvalue weighted by Crippen LogP contribution is -2.46. The van der Waals surface area contributed by atoms with Crippen molar-refractivity contribution in [2.24, 2.45) is 0 Å². The average Bonchev–Trinajstić information content (AvgIpc) is 3.60. The number of thiophene rings is 1. The number of hydrogen-bond acceptors (Lipinski definition) is 6. The first-order chi connectivity index (χ1) is 15.7. The molecule has 1 fully saturated rings. The number of hydrogen-bond donors (Lipinski definition) is 1. The van der Waals surface area contributed by atoms with E-state index in [1.807, 2.05) is 17.5 Å². The van der Waals surface area contributed by atoms with Crippen LogP contribution in [-0.4, -0.2) is 31.1 Å². The molecule has 0 unspecified atom stereocenters. The van der Waals surface area contributed by atoms with E-state index in [9.17, 15) is 9.59 Å². The van der Waals surface area contributed by atoms with Crippen LogP contribution < -0.4 is 19.7 Å². The van der Waals surface area contributed by atoms with Gasteiger partial charge in [0.05, 0.1) is 6.26 Å². The highest BCUT2D eigenvalue weighted by molar-refractivity contribution is 7.10. The Morgan fingerprint density at radius 1 is 1.03 bits per heavy atom. The standard InChI is InChI=1S/C24H24N2O5S/c27-23(25-16-5-1-2-6-16)22(21-8-4-14-32-21)26(24(28)19-7-3-11-29-19)17-9-10-18-20(15-17)31-13-12-30-18/h3-4,7-11,14-16,22H,1-2,5-6,12-13H2,(H,25,27)/t22-/m1/s1. The van der Waals surface area contributed by atoms with E-state index in [4.69, 9.17) is 13.9 Å². The molecule has 1 aliphatic heterocycles. The Morgan fingerprint density at radius 2 is 1.84 bits per heavy atom. The molecule has 1 N–H and O–H groups in total. The van der Waals surface area contributed by atoms with Crippen LogP contribution >= 0.6 is 11.3 Å². The zero-order valence-electron chi connectivity index (χ0n) is 17.5. The van der Waals surface area contributed by atoms with E-state index in [1.54, 1.807) is 30.3 Å². The molecule has 1 saturated carbocycles. The van der Waals surface area contributed by atoms with Crippen LogP contribution in [0.2, 0.25) is 0 Å². The Labute approximate surface area is 189 Å². The number of amides is 2. The summed E-state index contributed by atoms with van der Waals surface area (Å²) in [6, 6.07) is 11.6. The Morgan fingerprint density at radius 3 is 2.56 bits per heavy atom. The van der Waals surface area contributed by atoms with Gasteiger partial charge in [0.2, 0.25) is 5.91 Å². The van der Waals surface area contributed by atoms with Gasteiger partial charge in [0.1, 0.15) is 13.2 Å². The molecule has 5 rings (SSSR count). The first-order valence-electron chi connectivity index (χ1n) is 10.8. The normalized spacial score (nSPS) is 16.5. The zero-order chi connectivity index (χ0) is 21.9. The quantitative estimate of drug-likeness (QED) is 0.593. The van der Waals surface area contributed by atoms with E-state index >= 15 is 0 Å². The Bertz CT molecular complexity index is 1070. The van der Waals surface area contributed by atoms with Crippen molar-refractivity contribution in [2.75, 3.05) is 18.1 Å². The third-order valence-corrected chi connectivity index (χ3v) is 6.70. The van der Waals surface area contributed by atoms with Gasteiger partial charge < -0.3 is 19.2 Å². The van der Waals surface area contributed by atoms with Gasteiger partial charge >= 0.3 is 0 Å². The number of nitrogens with one attached hydrogen (secondary N) is 1. The Balaban J connectivity index is 1.57. The number of rotatable bonds is 6. The number of ether oxygens (including phenoxy) is 2. The largest absolute Gasteiger partial charge is 0.486 e.